The van der Waals surface area contributed by atoms with Crippen molar-refractivity contribution in [3.8, 4) is 5.75 Å². The van der Waals surface area contributed by atoms with Crippen LogP contribution in [-0.4, -0.2) is 9.78 Å². The van der Waals surface area contributed by atoms with Crippen LogP contribution in [0.25, 0.3) is 0 Å². The summed E-state index contributed by atoms with van der Waals surface area (Å²) in [4.78, 5) is 0. The Morgan fingerprint density at radius 2 is 2.05 bits per heavy atom. The molecule has 0 spiro atoms. The molecule has 108 valence electrons. The molecule has 0 fully saturated rings. The van der Waals surface area contributed by atoms with Crippen LogP contribution in [0, 0.1) is 0 Å². The van der Waals surface area contributed by atoms with Gasteiger partial charge in [-0.15, -0.1) is 0 Å². The number of hydrogen-bond acceptors (Lipinski definition) is 3. The summed E-state index contributed by atoms with van der Waals surface area (Å²) in [6.07, 6.45) is 4.15. The van der Waals surface area contributed by atoms with Crippen LogP contribution in [0.3, 0.4) is 0 Å². The zero-order valence-electron chi connectivity index (χ0n) is 11.8. The number of hydrogen-bond donors (Lipinski definition) is 1. The molecule has 0 bridgehead atoms. The number of rotatable bonds is 6. The Morgan fingerprint density at radius 3 is 2.70 bits per heavy atom. The smallest absolute Gasteiger partial charge is 0.142 e. The predicted molar refractivity (Wildman–Crippen MR) is 82.0 cm³/mol. The highest BCUT2D eigenvalue weighted by molar-refractivity contribution is 6.30. The molecular formula is C15H20ClN3O. The van der Waals surface area contributed by atoms with E-state index in [2.05, 4.69) is 18.9 Å². The molecule has 0 unspecified atom stereocenters. The van der Waals surface area contributed by atoms with Gasteiger partial charge in [0.1, 0.15) is 12.4 Å². The van der Waals surface area contributed by atoms with Gasteiger partial charge in [0.05, 0.1) is 17.4 Å². The molecule has 20 heavy (non-hydrogen) atoms. The van der Waals surface area contributed by atoms with Gasteiger partial charge in [-0.1, -0.05) is 25.4 Å². The van der Waals surface area contributed by atoms with Crippen molar-refractivity contribution in [1.29, 1.82) is 0 Å². The molecule has 2 rings (SSSR count). The standard InChI is InChI=1S/C15H20ClN3O/c1-3-13(4-2)19-8-7-12(18-19)10-20-15-6-5-11(16)9-14(15)17/h5-9,13H,3-4,10,17H2,1-2H3. The maximum Gasteiger partial charge on any atom is 0.142 e. The largest absolute Gasteiger partial charge is 0.485 e. The summed E-state index contributed by atoms with van der Waals surface area (Å²) in [6.45, 7) is 4.74. The number of nitrogens with zero attached hydrogens (tertiary/aromatic N) is 2. The maximum absolute atomic E-state index is 5.85. The van der Waals surface area contributed by atoms with Gasteiger partial charge >= 0.3 is 0 Å². The second-order valence-corrected chi connectivity index (χ2v) is 5.16. The first-order valence-corrected chi connectivity index (χ1v) is 7.23. The minimum atomic E-state index is 0.402. The quantitative estimate of drug-likeness (QED) is 0.817. The molecule has 1 aromatic heterocycles. The summed E-state index contributed by atoms with van der Waals surface area (Å²) in [5.74, 6) is 0.631. The molecule has 2 aromatic rings. The lowest BCUT2D eigenvalue weighted by atomic mass is 10.2. The molecule has 0 aliphatic carbocycles. The van der Waals surface area contributed by atoms with E-state index in [0.717, 1.165) is 18.5 Å². The Morgan fingerprint density at radius 1 is 1.30 bits per heavy atom. The highest BCUT2D eigenvalue weighted by Crippen LogP contribution is 2.25. The van der Waals surface area contributed by atoms with Crippen LogP contribution >= 0.6 is 11.6 Å². The van der Waals surface area contributed by atoms with Gasteiger partial charge in [0.2, 0.25) is 0 Å². The Kier molecular flexibility index (Phi) is 4.90. The van der Waals surface area contributed by atoms with Crippen molar-refractivity contribution in [3.63, 3.8) is 0 Å². The zero-order chi connectivity index (χ0) is 14.5. The van der Waals surface area contributed by atoms with Gasteiger partial charge in [-0.2, -0.15) is 5.10 Å². The maximum atomic E-state index is 5.85. The van der Waals surface area contributed by atoms with Crippen molar-refractivity contribution < 1.29 is 4.74 Å². The molecule has 1 aromatic carbocycles. The molecular weight excluding hydrogens is 274 g/mol. The van der Waals surface area contributed by atoms with E-state index in [1.165, 1.54) is 0 Å². The van der Waals surface area contributed by atoms with Gasteiger partial charge in [-0.05, 0) is 37.1 Å². The van der Waals surface area contributed by atoms with Crippen molar-refractivity contribution in [2.24, 2.45) is 0 Å². The lowest BCUT2D eigenvalue weighted by Gasteiger charge is -2.12. The molecule has 0 saturated heterocycles. The molecule has 2 N–H and O–H groups in total. The number of aromatic nitrogens is 2. The number of nitrogens with two attached hydrogens (primary N) is 1. The highest BCUT2D eigenvalue weighted by atomic mass is 35.5. The summed E-state index contributed by atoms with van der Waals surface area (Å²) in [7, 11) is 0. The minimum absolute atomic E-state index is 0.402. The summed E-state index contributed by atoms with van der Waals surface area (Å²) in [6, 6.07) is 7.64. The lowest BCUT2D eigenvalue weighted by Crippen LogP contribution is -2.08. The average molecular weight is 294 g/mol. The van der Waals surface area contributed by atoms with Crippen LogP contribution in [0.2, 0.25) is 5.02 Å². The van der Waals surface area contributed by atoms with Gasteiger partial charge < -0.3 is 10.5 Å². The van der Waals surface area contributed by atoms with Crippen molar-refractivity contribution in [2.75, 3.05) is 5.73 Å². The topological polar surface area (TPSA) is 53.1 Å². The molecule has 4 nitrogen and oxygen atoms in total. The molecule has 1 heterocycles. The van der Waals surface area contributed by atoms with E-state index in [-0.39, 0.29) is 0 Å². The molecule has 0 atom stereocenters. The van der Waals surface area contributed by atoms with Gasteiger partial charge in [0.25, 0.3) is 0 Å². The normalized spacial score (nSPS) is 11.0. The molecule has 0 aliphatic heterocycles. The monoisotopic (exact) mass is 293 g/mol. The van der Waals surface area contributed by atoms with E-state index in [1.54, 1.807) is 18.2 Å². The molecule has 0 amide bonds. The lowest BCUT2D eigenvalue weighted by molar-refractivity contribution is 0.299. The fourth-order valence-electron chi connectivity index (χ4n) is 2.12. The summed E-state index contributed by atoms with van der Waals surface area (Å²) < 4.78 is 7.68. The van der Waals surface area contributed by atoms with E-state index in [4.69, 9.17) is 22.1 Å². The third-order valence-electron chi connectivity index (χ3n) is 3.33. The van der Waals surface area contributed by atoms with Crippen LogP contribution in [0.15, 0.2) is 30.5 Å². The molecule has 0 radical (unpaired) electrons. The van der Waals surface area contributed by atoms with E-state index in [1.807, 2.05) is 16.9 Å². The number of nitrogen functional groups attached to an aromatic ring is 1. The zero-order valence-corrected chi connectivity index (χ0v) is 12.6. The van der Waals surface area contributed by atoms with Crippen LogP contribution in [0.4, 0.5) is 5.69 Å². The second kappa shape index (κ2) is 6.66. The summed E-state index contributed by atoms with van der Waals surface area (Å²) in [5, 5.41) is 5.14. The van der Waals surface area contributed by atoms with E-state index < -0.39 is 0 Å². The molecule has 0 aliphatic rings. The number of benzene rings is 1. The van der Waals surface area contributed by atoms with Crippen LogP contribution in [-0.2, 0) is 6.61 Å². The van der Waals surface area contributed by atoms with Crippen molar-refractivity contribution in [2.45, 2.75) is 39.3 Å². The fraction of sp³-hybridized carbons (Fsp3) is 0.400. The molecule has 5 heteroatoms. The van der Waals surface area contributed by atoms with Crippen LogP contribution in [0.1, 0.15) is 38.4 Å². The van der Waals surface area contributed by atoms with Crippen LogP contribution in [0.5, 0.6) is 5.75 Å². The van der Waals surface area contributed by atoms with Gasteiger partial charge in [-0.3, -0.25) is 4.68 Å². The Bertz CT molecular complexity index is 564. The van der Waals surface area contributed by atoms with Gasteiger partial charge in [-0.25, -0.2) is 0 Å². The number of anilines is 1. The van der Waals surface area contributed by atoms with Crippen LogP contribution < -0.4 is 10.5 Å². The SMILES string of the molecule is CCC(CC)n1ccc(COc2ccc(Cl)cc2N)n1. The Labute approximate surface area is 124 Å². The number of halogens is 1. The fourth-order valence-corrected chi connectivity index (χ4v) is 2.30. The highest BCUT2D eigenvalue weighted by Gasteiger charge is 2.09. The van der Waals surface area contributed by atoms with Gasteiger partial charge in [0, 0.05) is 11.2 Å². The van der Waals surface area contributed by atoms with E-state index in [9.17, 15) is 0 Å². The second-order valence-electron chi connectivity index (χ2n) is 4.73. The summed E-state index contributed by atoms with van der Waals surface area (Å²) >= 11 is 5.85. The van der Waals surface area contributed by atoms with Crippen molar-refractivity contribution in [1.82, 2.24) is 9.78 Å². The first-order valence-electron chi connectivity index (χ1n) is 6.85. The number of ether oxygens (including phenoxy) is 1. The summed E-state index contributed by atoms with van der Waals surface area (Å²) in [5.41, 5.74) is 7.28. The molecule has 0 saturated carbocycles. The van der Waals surface area contributed by atoms with Crippen molar-refractivity contribution >= 4 is 17.3 Å². The predicted octanol–water partition coefficient (Wildman–Crippen LogP) is 4.06. The average Bonchev–Trinajstić information content (AvgIpc) is 2.88. The Hall–Kier alpha value is -1.68. The first kappa shape index (κ1) is 14.7. The third kappa shape index (κ3) is 3.45. The van der Waals surface area contributed by atoms with Gasteiger partial charge in [0.15, 0.2) is 0 Å². The first-order chi connectivity index (χ1) is 9.63. The Balaban J connectivity index is 2.00. The minimum Gasteiger partial charge on any atom is -0.485 e. The van der Waals surface area contributed by atoms with E-state index in [0.29, 0.717) is 29.1 Å². The van der Waals surface area contributed by atoms with Crippen molar-refractivity contribution in [3.05, 3.63) is 41.2 Å². The van der Waals surface area contributed by atoms with E-state index >= 15 is 0 Å². The third-order valence-corrected chi connectivity index (χ3v) is 3.56.